The van der Waals surface area contributed by atoms with Crippen molar-refractivity contribution in [2.75, 3.05) is 5.75 Å². The first kappa shape index (κ1) is 9.07. The first-order valence-electron chi connectivity index (χ1n) is 4.06. The molecule has 0 radical (unpaired) electrons. The van der Waals surface area contributed by atoms with Crippen molar-refractivity contribution in [2.24, 2.45) is 0 Å². The lowest BCUT2D eigenvalue weighted by Crippen LogP contribution is -2.21. The molecule has 0 fully saturated rings. The number of aromatic nitrogens is 4. The Bertz CT molecular complexity index is 567. The summed E-state index contributed by atoms with van der Waals surface area (Å²) in [6.07, 6.45) is 0. The van der Waals surface area contributed by atoms with E-state index in [1.807, 2.05) is 6.92 Å². The number of aromatic amines is 3. The molecule has 0 aromatic carbocycles. The summed E-state index contributed by atoms with van der Waals surface area (Å²) in [6.45, 7) is 1.98. The normalized spacial score (nSPS) is 10.9. The van der Waals surface area contributed by atoms with Gasteiger partial charge in [-0.05, 0) is 5.75 Å². The van der Waals surface area contributed by atoms with Gasteiger partial charge in [0.05, 0.1) is 0 Å². The third kappa shape index (κ3) is 1.46. The number of thioether (sulfide) groups is 1. The Hall–Kier alpha value is -1.50. The van der Waals surface area contributed by atoms with Crippen LogP contribution in [-0.4, -0.2) is 25.7 Å². The predicted octanol–water partition coefficient (Wildman–Crippen LogP) is 0.0515. The average Bonchev–Trinajstić information content (AvgIpc) is 2.48. The van der Waals surface area contributed by atoms with Gasteiger partial charge in [0.1, 0.15) is 5.52 Å². The molecule has 0 spiro atoms. The van der Waals surface area contributed by atoms with Crippen LogP contribution in [0.15, 0.2) is 14.7 Å². The van der Waals surface area contributed by atoms with Gasteiger partial charge in [0, 0.05) is 0 Å². The number of rotatable bonds is 2. The molecule has 6 nitrogen and oxygen atoms in total. The molecule has 7 heteroatoms. The smallest absolute Gasteiger partial charge is 0.327 e. The summed E-state index contributed by atoms with van der Waals surface area (Å²) in [5, 5.41) is 0.634. The minimum absolute atomic E-state index is 0.301. The van der Waals surface area contributed by atoms with Gasteiger partial charge in [0.2, 0.25) is 0 Å². The van der Waals surface area contributed by atoms with Crippen molar-refractivity contribution in [2.45, 2.75) is 12.1 Å². The van der Waals surface area contributed by atoms with E-state index in [4.69, 9.17) is 0 Å². The molecule has 0 saturated heterocycles. The molecule has 0 atom stereocenters. The molecule has 2 heterocycles. The fourth-order valence-corrected chi connectivity index (χ4v) is 1.72. The summed E-state index contributed by atoms with van der Waals surface area (Å²) >= 11 is 1.47. The van der Waals surface area contributed by atoms with Gasteiger partial charge in [-0.2, -0.15) is 0 Å². The van der Waals surface area contributed by atoms with Crippen LogP contribution in [-0.2, 0) is 0 Å². The summed E-state index contributed by atoms with van der Waals surface area (Å²) in [4.78, 5) is 33.6. The van der Waals surface area contributed by atoms with Crippen LogP contribution in [0.4, 0.5) is 0 Å². The van der Waals surface area contributed by atoms with Crippen molar-refractivity contribution < 1.29 is 0 Å². The highest BCUT2D eigenvalue weighted by Gasteiger charge is 2.06. The van der Waals surface area contributed by atoms with Gasteiger partial charge >= 0.3 is 5.69 Å². The summed E-state index contributed by atoms with van der Waals surface area (Å²) < 4.78 is 0. The number of imidazole rings is 1. The van der Waals surface area contributed by atoms with Gasteiger partial charge in [-0.15, -0.1) is 0 Å². The Balaban J connectivity index is 2.71. The lowest BCUT2D eigenvalue weighted by molar-refractivity contribution is 1.06. The quantitative estimate of drug-likeness (QED) is 0.613. The molecule has 0 bridgehead atoms. The van der Waals surface area contributed by atoms with E-state index in [1.54, 1.807) is 0 Å². The summed E-state index contributed by atoms with van der Waals surface area (Å²) in [7, 11) is 0. The van der Waals surface area contributed by atoms with Crippen molar-refractivity contribution in [3.8, 4) is 0 Å². The van der Waals surface area contributed by atoms with E-state index in [0.717, 1.165) is 5.75 Å². The Kier molecular flexibility index (Phi) is 2.16. The SMILES string of the molecule is CCSc1nc2[nH]c(=O)[nH]c(=O)c2[nH]1. The molecule has 0 saturated carbocycles. The van der Waals surface area contributed by atoms with Gasteiger partial charge in [-0.25, -0.2) is 9.78 Å². The number of nitrogens with one attached hydrogen (secondary N) is 3. The van der Waals surface area contributed by atoms with Crippen molar-refractivity contribution in [3.63, 3.8) is 0 Å². The molecular formula is C7H8N4O2S. The third-order valence-corrected chi connectivity index (χ3v) is 2.40. The van der Waals surface area contributed by atoms with Crippen LogP contribution < -0.4 is 11.2 Å². The molecular weight excluding hydrogens is 204 g/mol. The molecule has 2 rings (SSSR count). The highest BCUT2D eigenvalue weighted by molar-refractivity contribution is 7.99. The van der Waals surface area contributed by atoms with Gasteiger partial charge < -0.3 is 4.98 Å². The second kappa shape index (κ2) is 3.33. The molecule has 2 aromatic rings. The van der Waals surface area contributed by atoms with Crippen LogP contribution >= 0.6 is 11.8 Å². The summed E-state index contributed by atoms with van der Waals surface area (Å²) in [6, 6.07) is 0. The van der Waals surface area contributed by atoms with Crippen molar-refractivity contribution in [1.29, 1.82) is 0 Å². The van der Waals surface area contributed by atoms with E-state index in [1.165, 1.54) is 11.8 Å². The number of nitrogens with zero attached hydrogens (tertiary/aromatic N) is 1. The molecule has 3 N–H and O–H groups in total. The highest BCUT2D eigenvalue weighted by atomic mass is 32.2. The van der Waals surface area contributed by atoms with Gasteiger partial charge in [0.25, 0.3) is 5.56 Å². The van der Waals surface area contributed by atoms with Gasteiger partial charge in [-0.3, -0.25) is 14.8 Å². The maximum absolute atomic E-state index is 11.3. The number of fused-ring (bicyclic) bond motifs is 1. The Labute approximate surface area is 82.2 Å². The molecule has 0 aliphatic heterocycles. The zero-order valence-electron chi connectivity index (χ0n) is 7.38. The van der Waals surface area contributed by atoms with E-state index in [0.29, 0.717) is 16.3 Å². The van der Waals surface area contributed by atoms with Crippen molar-refractivity contribution in [1.82, 2.24) is 19.9 Å². The lowest BCUT2D eigenvalue weighted by Gasteiger charge is -1.86. The largest absolute Gasteiger partial charge is 0.327 e. The van der Waals surface area contributed by atoms with Crippen molar-refractivity contribution >= 4 is 22.9 Å². The Morgan fingerprint density at radius 1 is 1.29 bits per heavy atom. The van der Waals surface area contributed by atoms with E-state index < -0.39 is 11.2 Å². The topological polar surface area (TPSA) is 94.4 Å². The van der Waals surface area contributed by atoms with Crippen LogP contribution in [0, 0.1) is 0 Å². The first-order valence-corrected chi connectivity index (χ1v) is 5.04. The number of H-pyrrole nitrogens is 3. The maximum atomic E-state index is 11.3. The zero-order valence-corrected chi connectivity index (χ0v) is 8.20. The van der Waals surface area contributed by atoms with Crippen molar-refractivity contribution in [3.05, 3.63) is 20.8 Å². The van der Waals surface area contributed by atoms with E-state index in [9.17, 15) is 9.59 Å². The zero-order chi connectivity index (χ0) is 10.1. The van der Waals surface area contributed by atoms with E-state index >= 15 is 0 Å². The summed E-state index contributed by atoms with van der Waals surface area (Å²) in [5.41, 5.74) is -0.378. The number of hydrogen-bond acceptors (Lipinski definition) is 4. The minimum Gasteiger partial charge on any atom is -0.327 e. The minimum atomic E-state index is -0.540. The van der Waals surface area contributed by atoms with Gasteiger partial charge in [0.15, 0.2) is 10.8 Å². The second-order valence-electron chi connectivity index (χ2n) is 2.61. The van der Waals surface area contributed by atoms with E-state index in [-0.39, 0.29) is 0 Å². The van der Waals surface area contributed by atoms with Crippen LogP contribution in [0.25, 0.3) is 11.2 Å². The van der Waals surface area contributed by atoms with Gasteiger partial charge in [-0.1, -0.05) is 18.7 Å². The average molecular weight is 212 g/mol. The highest BCUT2D eigenvalue weighted by Crippen LogP contribution is 2.14. The molecule has 0 aliphatic carbocycles. The fourth-order valence-electron chi connectivity index (χ4n) is 1.12. The van der Waals surface area contributed by atoms with Crippen LogP contribution in [0.5, 0.6) is 0 Å². The van der Waals surface area contributed by atoms with E-state index in [2.05, 4.69) is 19.9 Å². The second-order valence-corrected chi connectivity index (χ2v) is 3.86. The maximum Gasteiger partial charge on any atom is 0.327 e. The van der Waals surface area contributed by atoms with Crippen LogP contribution in [0.3, 0.4) is 0 Å². The Morgan fingerprint density at radius 3 is 2.79 bits per heavy atom. The number of hydrogen-bond donors (Lipinski definition) is 3. The molecule has 0 aliphatic rings. The summed E-state index contributed by atoms with van der Waals surface area (Å²) in [5.74, 6) is 0.849. The molecule has 0 amide bonds. The van der Waals surface area contributed by atoms with Crippen LogP contribution in [0.2, 0.25) is 0 Å². The lowest BCUT2D eigenvalue weighted by atomic mass is 10.5. The van der Waals surface area contributed by atoms with Crippen LogP contribution in [0.1, 0.15) is 6.92 Å². The molecule has 0 unspecified atom stereocenters. The molecule has 74 valence electrons. The first-order chi connectivity index (χ1) is 6.70. The third-order valence-electron chi connectivity index (χ3n) is 1.65. The predicted molar refractivity (Wildman–Crippen MR) is 53.7 cm³/mol. The Morgan fingerprint density at radius 2 is 2.07 bits per heavy atom. The molecule has 2 aromatic heterocycles. The molecule has 14 heavy (non-hydrogen) atoms. The standard InChI is InChI=1S/C7H8N4O2S/c1-2-14-7-8-3-4(10-7)9-6(13)11-5(3)12/h2H2,1H3,(H3,8,9,10,11,12,13). The fraction of sp³-hybridized carbons (Fsp3) is 0.286. The monoisotopic (exact) mass is 212 g/mol.